The molecule has 2 aliphatic rings. The van der Waals surface area contributed by atoms with Crippen LogP contribution in [0.4, 0.5) is 0 Å². The maximum atomic E-state index is 9.34. The van der Waals surface area contributed by atoms with E-state index in [1.807, 2.05) is 12.1 Å². The van der Waals surface area contributed by atoms with Crippen LogP contribution in [0.2, 0.25) is 5.02 Å². The number of nitrogens with zero attached hydrogens (tertiary/aromatic N) is 1. The molecule has 0 saturated heterocycles. The van der Waals surface area contributed by atoms with E-state index in [2.05, 4.69) is 4.90 Å². The Labute approximate surface area is 130 Å². The van der Waals surface area contributed by atoms with Crippen LogP contribution in [0.25, 0.3) is 0 Å². The fraction of sp³-hybridized carbons (Fsp3) is 0.625. The van der Waals surface area contributed by atoms with Gasteiger partial charge in [0.25, 0.3) is 0 Å². The molecule has 1 aliphatic carbocycles. The summed E-state index contributed by atoms with van der Waals surface area (Å²) in [6.07, 6.45) is 6.35. The predicted octanol–water partition coefficient (Wildman–Crippen LogP) is 3.20. The van der Waals surface area contributed by atoms with Crippen LogP contribution in [0.15, 0.2) is 12.1 Å². The summed E-state index contributed by atoms with van der Waals surface area (Å²) < 4.78 is 10.8. The Bertz CT molecular complexity index is 489. The third-order valence-corrected chi connectivity index (χ3v) is 4.63. The van der Waals surface area contributed by atoms with Crippen molar-refractivity contribution in [3.63, 3.8) is 0 Å². The zero-order valence-electron chi connectivity index (χ0n) is 12.2. The molecule has 1 heterocycles. The van der Waals surface area contributed by atoms with Gasteiger partial charge in [0, 0.05) is 19.1 Å². The maximum Gasteiger partial charge on any atom is 0.231 e. The number of rotatable bonds is 5. The lowest BCUT2D eigenvalue weighted by atomic mass is 9.94. The molecule has 1 fully saturated rings. The molecule has 4 nitrogen and oxygen atoms in total. The van der Waals surface area contributed by atoms with Gasteiger partial charge in [-0.15, -0.1) is 0 Å². The van der Waals surface area contributed by atoms with Crippen molar-refractivity contribution in [2.75, 3.05) is 19.9 Å². The van der Waals surface area contributed by atoms with Crippen molar-refractivity contribution in [3.05, 3.63) is 22.7 Å². The van der Waals surface area contributed by atoms with E-state index in [-0.39, 0.29) is 13.4 Å². The monoisotopic (exact) mass is 311 g/mol. The molecule has 0 bridgehead atoms. The summed E-state index contributed by atoms with van der Waals surface area (Å²) in [6.45, 7) is 1.93. The first-order valence-electron chi connectivity index (χ1n) is 7.71. The number of fused-ring (bicyclic) bond motifs is 1. The van der Waals surface area contributed by atoms with Gasteiger partial charge in [0.05, 0.1) is 11.6 Å². The molecule has 1 saturated carbocycles. The summed E-state index contributed by atoms with van der Waals surface area (Å²) in [6, 6.07) is 4.51. The fourth-order valence-electron chi connectivity index (χ4n) is 3.31. The first-order chi connectivity index (χ1) is 10.3. The molecule has 116 valence electrons. The highest BCUT2D eigenvalue weighted by molar-refractivity contribution is 6.32. The summed E-state index contributed by atoms with van der Waals surface area (Å²) in [5.41, 5.74) is 1.11. The van der Waals surface area contributed by atoms with Crippen molar-refractivity contribution in [2.24, 2.45) is 0 Å². The van der Waals surface area contributed by atoms with Gasteiger partial charge in [-0.1, -0.05) is 30.9 Å². The van der Waals surface area contributed by atoms with E-state index in [1.54, 1.807) is 0 Å². The first-order valence-corrected chi connectivity index (χ1v) is 8.08. The Hall–Kier alpha value is -0.970. The molecule has 3 rings (SSSR count). The van der Waals surface area contributed by atoms with Gasteiger partial charge in [-0.3, -0.25) is 4.90 Å². The molecule has 1 N–H and O–H groups in total. The van der Waals surface area contributed by atoms with Crippen LogP contribution in [0.1, 0.15) is 37.7 Å². The molecule has 5 heteroatoms. The lowest BCUT2D eigenvalue weighted by Crippen LogP contribution is -2.38. The topological polar surface area (TPSA) is 41.9 Å². The second kappa shape index (κ2) is 6.86. The molecule has 1 aliphatic heterocycles. The van der Waals surface area contributed by atoms with E-state index in [0.717, 1.165) is 17.9 Å². The highest BCUT2D eigenvalue weighted by Crippen LogP contribution is 2.40. The van der Waals surface area contributed by atoms with E-state index in [0.29, 0.717) is 23.4 Å². The molecular formula is C16H22ClNO3. The van der Waals surface area contributed by atoms with Crippen molar-refractivity contribution < 1.29 is 14.6 Å². The molecule has 0 unspecified atom stereocenters. The molecule has 21 heavy (non-hydrogen) atoms. The Morgan fingerprint density at radius 2 is 2.00 bits per heavy atom. The number of hydrogen-bond acceptors (Lipinski definition) is 4. The minimum absolute atomic E-state index is 0.189. The summed E-state index contributed by atoms with van der Waals surface area (Å²) in [7, 11) is 0. The molecule has 0 radical (unpaired) electrons. The fourth-order valence-corrected chi connectivity index (χ4v) is 3.60. The van der Waals surface area contributed by atoms with Gasteiger partial charge in [-0.2, -0.15) is 0 Å². The minimum atomic E-state index is 0.189. The molecule has 0 spiro atoms. The van der Waals surface area contributed by atoms with E-state index in [1.165, 1.54) is 32.1 Å². The minimum Gasteiger partial charge on any atom is -0.454 e. The number of halogens is 1. The molecule has 1 aromatic rings. The van der Waals surface area contributed by atoms with Crippen LogP contribution in [0.3, 0.4) is 0 Å². The molecular weight excluding hydrogens is 290 g/mol. The number of ether oxygens (including phenoxy) is 2. The Kier molecular flexibility index (Phi) is 4.88. The van der Waals surface area contributed by atoms with Crippen LogP contribution < -0.4 is 9.47 Å². The number of aliphatic hydroxyl groups is 1. The van der Waals surface area contributed by atoms with Crippen molar-refractivity contribution in [1.29, 1.82) is 0 Å². The van der Waals surface area contributed by atoms with E-state index in [9.17, 15) is 5.11 Å². The second-order valence-corrected chi connectivity index (χ2v) is 6.20. The lowest BCUT2D eigenvalue weighted by Gasteiger charge is -2.34. The van der Waals surface area contributed by atoms with Crippen LogP contribution in [-0.2, 0) is 6.54 Å². The van der Waals surface area contributed by atoms with Crippen LogP contribution in [-0.4, -0.2) is 36.0 Å². The Balaban J connectivity index is 1.74. The van der Waals surface area contributed by atoms with Crippen molar-refractivity contribution in [1.82, 2.24) is 4.90 Å². The van der Waals surface area contributed by atoms with E-state index in [4.69, 9.17) is 21.1 Å². The number of benzene rings is 1. The average Bonchev–Trinajstić information content (AvgIpc) is 2.97. The standard InChI is InChI=1S/C16H22ClNO3/c17-14-8-12(9-15-16(14)21-11-20-15)10-18(6-7-19)13-4-2-1-3-5-13/h8-9,13,19H,1-7,10-11H2. The number of aliphatic hydroxyl groups excluding tert-OH is 1. The molecule has 0 amide bonds. The second-order valence-electron chi connectivity index (χ2n) is 5.80. The smallest absolute Gasteiger partial charge is 0.231 e. The predicted molar refractivity (Wildman–Crippen MR) is 81.9 cm³/mol. The normalized spacial score (nSPS) is 18.4. The highest BCUT2D eigenvalue weighted by atomic mass is 35.5. The summed E-state index contributed by atoms with van der Waals surface area (Å²) in [5, 5.41) is 9.95. The van der Waals surface area contributed by atoms with Crippen molar-refractivity contribution in [2.45, 2.75) is 44.7 Å². The molecule has 1 aromatic carbocycles. The quantitative estimate of drug-likeness (QED) is 0.907. The molecule has 0 atom stereocenters. The van der Waals surface area contributed by atoms with Gasteiger partial charge in [-0.25, -0.2) is 0 Å². The average molecular weight is 312 g/mol. The first kappa shape index (κ1) is 14.9. The van der Waals surface area contributed by atoms with Crippen LogP contribution >= 0.6 is 11.6 Å². The lowest BCUT2D eigenvalue weighted by molar-refractivity contribution is 0.117. The third kappa shape index (κ3) is 3.44. The van der Waals surface area contributed by atoms with Gasteiger partial charge in [0.2, 0.25) is 6.79 Å². The summed E-state index contributed by atoms with van der Waals surface area (Å²) >= 11 is 6.25. The summed E-state index contributed by atoms with van der Waals surface area (Å²) in [4.78, 5) is 2.37. The van der Waals surface area contributed by atoms with Gasteiger partial charge >= 0.3 is 0 Å². The SMILES string of the molecule is OCCN(Cc1cc(Cl)c2c(c1)OCO2)C1CCCCC1. The maximum absolute atomic E-state index is 9.34. The zero-order valence-corrected chi connectivity index (χ0v) is 12.9. The van der Waals surface area contributed by atoms with Crippen LogP contribution in [0.5, 0.6) is 11.5 Å². The zero-order chi connectivity index (χ0) is 14.7. The Morgan fingerprint density at radius 1 is 1.19 bits per heavy atom. The van der Waals surface area contributed by atoms with Crippen molar-refractivity contribution in [3.8, 4) is 11.5 Å². The third-order valence-electron chi connectivity index (χ3n) is 4.35. The van der Waals surface area contributed by atoms with Gasteiger partial charge in [0.1, 0.15) is 0 Å². The van der Waals surface area contributed by atoms with Gasteiger partial charge in [-0.05, 0) is 30.5 Å². The molecule has 0 aromatic heterocycles. The Morgan fingerprint density at radius 3 is 2.76 bits per heavy atom. The van der Waals surface area contributed by atoms with Gasteiger partial charge in [0.15, 0.2) is 11.5 Å². The summed E-state index contributed by atoms with van der Waals surface area (Å²) in [5.74, 6) is 1.37. The highest BCUT2D eigenvalue weighted by Gasteiger charge is 2.23. The van der Waals surface area contributed by atoms with Gasteiger partial charge < -0.3 is 14.6 Å². The van der Waals surface area contributed by atoms with Crippen LogP contribution in [0, 0.1) is 0 Å². The van der Waals surface area contributed by atoms with E-state index < -0.39 is 0 Å². The number of hydrogen-bond donors (Lipinski definition) is 1. The van der Waals surface area contributed by atoms with Crippen molar-refractivity contribution >= 4 is 11.6 Å². The van der Waals surface area contributed by atoms with E-state index >= 15 is 0 Å². The largest absolute Gasteiger partial charge is 0.454 e.